The van der Waals surface area contributed by atoms with Crippen LogP contribution in [0.3, 0.4) is 0 Å². The summed E-state index contributed by atoms with van der Waals surface area (Å²) in [5, 5.41) is 3.37. The van der Waals surface area contributed by atoms with Gasteiger partial charge in [-0.15, -0.1) is 0 Å². The van der Waals surface area contributed by atoms with Crippen molar-refractivity contribution in [2.24, 2.45) is 0 Å². The summed E-state index contributed by atoms with van der Waals surface area (Å²) in [4.78, 5) is 41.9. The van der Waals surface area contributed by atoms with Crippen LogP contribution in [0.1, 0.15) is 38.8 Å². The van der Waals surface area contributed by atoms with E-state index in [9.17, 15) is 18.8 Å². The number of nitrogens with zero attached hydrogens (tertiary/aromatic N) is 3. The van der Waals surface area contributed by atoms with Crippen LogP contribution in [0.5, 0.6) is 5.75 Å². The van der Waals surface area contributed by atoms with Gasteiger partial charge in [0.05, 0.1) is 32.2 Å². The Labute approximate surface area is 206 Å². The quantitative estimate of drug-likeness (QED) is 0.441. The summed E-state index contributed by atoms with van der Waals surface area (Å²) >= 11 is 5.97. The van der Waals surface area contributed by atoms with Gasteiger partial charge in [0, 0.05) is 16.8 Å². The van der Waals surface area contributed by atoms with Crippen molar-refractivity contribution >= 4 is 29.2 Å². The van der Waals surface area contributed by atoms with Crippen LogP contribution in [0.4, 0.5) is 16.0 Å². The monoisotopic (exact) mass is 504 g/mol. The Morgan fingerprint density at radius 3 is 2.43 bits per heavy atom. The maximum atomic E-state index is 14.5. The summed E-state index contributed by atoms with van der Waals surface area (Å²) in [6.07, 6.45) is -0.405. The lowest BCUT2D eigenvalue weighted by Gasteiger charge is -2.19. The predicted octanol–water partition coefficient (Wildman–Crippen LogP) is 3.90. The van der Waals surface area contributed by atoms with Gasteiger partial charge in [0.25, 0.3) is 0 Å². The number of esters is 1. The van der Waals surface area contributed by atoms with Gasteiger partial charge in [0.1, 0.15) is 0 Å². The maximum Gasteiger partial charge on any atom is 0.355 e. The van der Waals surface area contributed by atoms with E-state index >= 15 is 0 Å². The Balaban J connectivity index is 2.06. The minimum Gasteiger partial charge on any atom is -0.488 e. The van der Waals surface area contributed by atoms with Crippen molar-refractivity contribution in [2.75, 3.05) is 12.4 Å². The van der Waals surface area contributed by atoms with Gasteiger partial charge in [-0.1, -0.05) is 23.7 Å². The van der Waals surface area contributed by atoms with Gasteiger partial charge in [0.2, 0.25) is 5.95 Å². The first kappa shape index (κ1) is 26.0. The van der Waals surface area contributed by atoms with Crippen molar-refractivity contribution in [2.45, 2.75) is 45.9 Å². The molecule has 0 aliphatic carbocycles. The molecular formula is C24H26ClFN4O5. The van der Waals surface area contributed by atoms with Crippen molar-refractivity contribution < 1.29 is 18.7 Å². The lowest BCUT2D eigenvalue weighted by atomic mass is 10.2. The fraction of sp³-hybridized carbons (Fsp3) is 0.333. The molecule has 9 nitrogen and oxygen atoms in total. The second-order valence-electron chi connectivity index (χ2n) is 8.15. The van der Waals surface area contributed by atoms with Crippen LogP contribution in [-0.2, 0) is 16.1 Å². The first-order chi connectivity index (χ1) is 16.6. The number of carbonyl (C=O) groups is 1. The SMILES string of the molecule is COC(=O)CC(C)n1c(=O)nc(Nc2ccc(OC(C)C)c(F)c2)n(Cc2ccc(Cl)cc2)c1=O. The first-order valence-electron chi connectivity index (χ1n) is 10.9. The molecule has 0 radical (unpaired) electrons. The van der Waals surface area contributed by atoms with Crippen LogP contribution in [0.15, 0.2) is 52.1 Å². The Bertz CT molecular complexity index is 1320. The molecule has 35 heavy (non-hydrogen) atoms. The first-order valence-corrected chi connectivity index (χ1v) is 11.2. The molecule has 0 amide bonds. The van der Waals surface area contributed by atoms with Crippen molar-refractivity contribution in [1.82, 2.24) is 14.1 Å². The number of hydrogen-bond acceptors (Lipinski definition) is 7. The normalized spacial score (nSPS) is 11.9. The summed E-state index contributed by atoms with van der Waals surface area (Å²) in [5.74, 6) is -1.21. The molecule has 0 aliphatic rings. The van der Waals surface area contributed by atoms with Crippen LogP contribution in [0.2, 0.25) is 5.02 Å². The van der Waals surface area contributed by atoms with E-state index in [0.717, 1.165) is 4.57 Å². The Morgan fingerprint density at radius 2 is 1.83 bits per heavy atom. The highest BCUT2D eigenvalue weighted by molar-refractivity contribution is 6.30. The molecule has 0 aliphatic heterocycles. The predicted molar refractivity (Wildman–Crippen MR) is 130 cm³/mol. The number of aromatic nitrogens is 3. The van der Waals surface area contributed by atoms with Crippen molar-refractivity contribution in [1.29, 1.82) is 0 Å². The number of benzene rings is 2. The van der Waals surface area contributed by atoms with E-state index in [2.05, 4.69) is 15.0 Å². The van der Waals surface area contributed by atoms with Gasteiger partial charge in [-0.3, -0.25) is 9.36 Å². The summed E-state index contributed by atoms with van der Waals surface area (Å²) in [5.41, 5.74) is -0.588. The van der Waals surface area contributed by atoms with Gasteiger partial charge in [-0.05, 0) is 50.6 Å². The number of rotatable bonds is 9. The molecule has 0 bridgehead atoms. The van der Waals surface area contributed by atoms with Gasteiger partial charge in [-0.25, -0.2) is 18.5 Å². The van der Waals surface area contributed by atoms with Crippen molar-refractivity contribution in [3.05, 3.63) is 79.8 Å². The maximum absolute atomic E-state index is 14.5. The summed E-state index contributed by atoms with van der Waals surface area (Å²) in [7, 11) is 1.22. The molecule has 3 aromatic rings. The summed E-state index contributed by atoms with van der Waals surface area (Å²) in [6.45, 7) is 5.14. The van der Waals surface area contributed by atoms with E-state index in [1.807, 2.05) is 0 Å². The lowest BCUT2D eigenvalue weighted by Crippen LogP contribution is -2.44. The van der Waals surface area contributed by atoms with Crippen molar-refractivity contribution in [3.8, 4) is 5.75 Å². The highest BCUT2D eigenvalue weighted by Crippen LogP contribution is 2.24. The molecule has 1 N–H and O–H groups in total. The molecule has 2 aromatic carbocycles. The average Bonchev–Trinajstić information content (AvgIpc) is 2.79. The van der Waals surface area contributed by atoms with E-state index in [0.29, 0.717) is 10.6 Å². The second kappa shape index (κ2) is 11.2. The molecule has 1 unspecified atom stereocenters. The average molecular weight is 505 g/mol. The molecule has 3 rings (SSSR count). The van der Waals surface area contributed by atoms with Crippen LogP contribution < -0.4 is 21.4 Å². The standard InChI is InChI=1S/C24H26ClFN4O5/c1-14(2)35-20-10-9-18(12-19(20)26)27-22-28-23(32)30(15(3)11-21(31)34-4)24(33)29(22)13-16-5-7-17(25)8-6-16/h5-10,12,14-15H,11,13H2,1-4H3,(H,27,28,32). The van der Waals surface area contributed by atoms with Crippen LogP contribution in [-0.4, -0.2) is 33.3 Å². The smallest absolute Gasteiger partial charge is 0.355 e. The zero-order valence-electron chi connectivity index (χ0n) is 19.7. The molecular weight excluding hydrogens is 479 g/mol. The fourth-order valence-corrected chi connectivity index (χ4v) is 3.49. The lowest BCUT2D eigenvalue weighted by molar-refractivity contribution is -0.141. The van der Waals surface area contributed by atoms with Gasteiger partial charge < -0.3 is 14.8 Å². The van der Waals surface area contributed by atoms with Gasteiger partial charge in [0.15, 0.2) is 11.6 Å². The zero-order chi connectivity index (χ0) is 25.7. The van der Waals surface area contributed by atoms with Gasteiger partial charge in [-0.2, -0.15) is 4.98 Å². The summed E-state index contributed by atoms with van der Waals surface area (Å²) in [6, 6.07) is 10.2. The number of nitrogens with one attached hydrogen (secondary N) is 1. The molecule has 11 heteroatoms. The molecule has 0 spiro atoms. The Morgan fingerprint density at radius 1 is 1.14 bits per heavy atom. The van der Waals surface area contributed by atoms with Crippen LogP contribution in [0, 0.1) is 5.82 Å². The van der Waals surface area contributed by atoms with Crippen LogP contribution >= 0.6 is 11.6 Å². The molecule has 1 heterocycles. The largest absolute Gasteiger partial charge is 0.488 e. The minimum absolute atomic E-state index is 0.0353. The molecule has 0 saturated heterocycles. The van der Waals surface area contributed by atoms with E-state index < -0.39 is 29.2 Å². The van der Waals surface area contributed by atoms with Crippen LogP contribution in [0.25, 0.3) is 0 Å². The third kappa shape index (κ3) is 6.48. The van der Waals surface area contributed by atoms with E-state index in [4.69, 9.17) is 16.3 Å². The van der Waals surface area contributed by atoms with E-state index in [-0.39, 0.29) is 36.5 Å². The number of methoxy groups -OCH3 is 1. The highest BCUT2D eigenvalue weighted by atomic mass is 35.5. The number of carbonyl (C=O) groups excluding carboxylic acids is 1. The Kier molecular flexibility index (Phi) is 8.29. The molecule has 0 saturated carbocycles. The van der Waals surface area contributed by atoms with E-state index in [1.165, 1.54) is 23.8 Å². The molecule has 1 aromatic heterocycles. The highest BCUT2D eigenvalue weighted by Gasteiger charge is 2.21. The molecule has 0 fully saturated rings. The molecule has 1 atom stereocenters. The topological polar surface area (TPSA) is 104 Å². The van der Waals surface area contributed by atoms with E-state index in [1.54, 1.807) is 51.1 Å². The van der Waals surface area contributed by atoms with Gasteiger partial charge >= 0.3 is 17.3 Å². The molecule has 186 valence electrons. The number of hydrogen-bond donors (Lipinski definition) is 1. The number of anilines is 2. The van der Waals surface area contributed by atoms with Crippen molar-refractivity contribution in [3.63, 3.8) is 0 Å². The third-order valence-electron chi connectivity index (χ3n) is 5.04. The second-order valence-corrected chi connectivity index (χ2v) is 8.59. The summed E-state index contributed by atoms with van der Waals surface area (Å²) < 4.78 is 26.7. The number of ether oxygens (including phenoxy) is 2. The Hall–Kier alpha value is -3.66. The third-order valence-corrected chi connectivity index (χ3v) is 5.29. The zero-order valence-corrected chi connectivity index (χ0v) is 20.5. The minimum atomic E-state index is -0.860. The fourth-order valence-electron chi connectivity index (χ4n) is 3.37. The number of halogens is 2.